The van der Waals surface area contributed by atoms with Crippen LogP contribution in [0.25, 0.3) is 0 Å². The first-order valence-corrected chi connectivity index (χ1v) is 7.31. The summed E-state index contributed by atoms with van der Waals surface area (Å²) in [7, 11) is 1.56. The van der Waals surface area contributed by atoms with Gasteiger partial charge in [-0.3, -0.25) is 4.79 Å². The lowest BCUT2D eigenvalue weighted by molar-refractivity contribution is -0.116. The highest BCUT2D eigenvalue weighted by atomic mass is 35.5. The Morgan fingerprint density at radius 2 is 2.10 bits per heavy atom. The quantitative estimate of drug-likeness (QED) is 0.723. The highest BCUT2D eigenvalue weighted by Crippen LogP contribution is 2.30. The van der Waals surface area contributed by atoms with Crippen molar-refractivity contribution in [3.8, 4) is 5.75 Å². The summed E-state index contributed by atoms with van der Waals surface area (Å²) < 4.78 is 5.22. The van der Waals surface area contributed by atoms with Crippen molar-refractivity contribution in [1.29, 1.82) is 0 Å². The molecule has 1 aromatic carbocycles. The minimum atomic E-state index is -0.0333. The Kier molecular flexibility index (Phi) is 7.41. The van der Waals surface area contributed by atoms with Crippen LogP contribution in [0.2, 0.25) is 5.02 Å². The zero-order valence-electron chi connectivity index (χ0n) is 12.4. The number of aryl methyl sites for hydroxylation is 1. The molecule has 0 aliphatic rings. The molecule has 1 aromatic rings. The van der Waals surface area contributed by atoms with Gasteiger partial charge in [-0.2, -0.15) is 0 Å². The van der Waals surface area contributed by atoms with Crippen molar-refractivity contribution in [2.45, 2.75) is 33.1 Å². The normalized spacial score (nSPS) is 10.4. The first-order chi connectivity index (χ1) is 9.58. The van der Waals surface area contributed by atoms with Crippen molar-refractivity contribution < 1.29 is 9.53 Å². The smallest absolute Gasteiger partial charge is 0.225 e. The largest absolute Gasteiger partial charge is 0.495 e. The van der Waals surface area contributed by atoms with Crippen LogP contribution in [0.1, 0.15) is 31.7 Å². The van der Waals surface area contributed by atoms with E-state index in [1.165, 1.54) is 0 Å². The Hall–Kier alpha value is -1.26. The van der Waals surface area contributed by atoms with Crippen LogP contribution in [0.4, 0.5) is 5.69 Å². The molecule has 0 fully saturated rings. The van der Waals surface area contributed by atoms with Crippen molar-refractivity contribution in [1.82, 2.24) is 5.32 Å². The van der Waals surface area contributed by atoms with E-state index in [2.05, 4.69) is 17.6 Å². The van der Waals surface area contributed by atoms with Gasteiger partial charge in [-0.25, -0.2) is 0 Å². The molecular formula is C15H23ClN2O2. The van der Waals surface area contributed by atoms with Crippen LogP contribution in [0.5, 0.6) is 5.75 Å². The van der Waals surface area contributed by atoms with Gasteiger partial charge in [0, 0.05) is 24.1 Å². The maximum absolute atomic E-state index is 11.9. The number of amides is 1. The fourth-order valence-corrected chi connectivity index (χ4v) is 1.92. The number of unbranched alkanes of at least 4 members (excludes halogenated alkanes) is 1. The number of rotatable bonds is 8. The second kappa shape index (κ2) is 8.82. The molecule has 0 unspecified atom stereocenters. The van der Waals surface area contributed by atoms with Gasteiger partial charge in [0.05, 0.1) is 12.8 Å². The number of hydrogen-bond acceptors (Lipinski definition) is 3. The number of hydrogen-bond donors (Lipinski definition) is 2. The molecule has 5 heteroatoms. The first-order valence-electron chi connectivity index (χ1n) is 6.93. The van der Waals surface area contributed by atoms with Gasteiger partial charge in [0.15, 0.2) is 0 Å². The zero-order chi connectivity index (χ0) is 15.0. The number of halogens is 1. The van der Waals surface area contributed by atoms with E-state index in [-0.39, 0.29) is 5.91 Å². The predicted octanol–water partition coefficient (Wildman–Crippen LogP) is 3.38. The molecular weight excluding hydrogens is 276 g/mol. The van der Waals surface area contributed by atoms with E-state index >= 15 is 0 Å². The van der Waals surface area contributed by atoms with Gasteiger partial charge in [-0.15, -0.1) is 0 Å². The van der Waals surface area contributed by atoms with Gasteiger partial charge < -0.3 is 15.4 Å². The number of benzene rings is 1. The standard InChI is InChI=1S/C15H23ClN2O2/c1-4-5-7-17-8-6-15(19)18-13-9-11(2)12(16)10-14(13)20-3/h9-10,17H,4-8H2,1-3H3,(H,18,19). The van der Waals surface area contributed by atoms with E-state index in [9.17, 15) is 4.79 Å². The van der Waals surface area contributed by atoms with Gasteiger partial charge in [-0.1, -0.05) is 24.9 Å². The lowest BCUT2D eigenvalue weighted by Crippen LogP contribution is -2.22. The van der Waals surface area contributed by atoms with Crippen LogP contribution < -0.4 is 15.4 Å². The number of carbonyl (C=O) groups is 1. The fourth-order valence-electron chi connectivity index (χ4n) is 1.77. The Morgan fingerprint density at radius 1 is 1.35 bits per heavy atom. The summed E-state index contributed by atoms with van der Waals surface area (Å²) >= 11 is 6.03. The average Bonchev–Trinajstić information content (AvgIpc) is 2.42. The molecule has 2 N–H and O–H groups in total. The molecule has 0 aliphatic carbocycles. The molecule has 0 aromatic heterocycles. The summed E-state index contributed by atoms with van der Waals surface area (Å²) in [5.41, 5.74) is 1.57. The number of methoxy groups -OCH3 is 1. The Morgan fingerprint density at radius 3 is 2.75 bits per heavy atom. The van der Waals surface area contributed by atoms with Crippen molar-refractivity contribution in [3.05, 3.63) is 22.7 Å². The maximum Gasteiger partial charge on any atom is 0.225 e. The van der Waals surface area contributed by atoms with Crippen LogP contribution in [0.3, 0.4) is 0 Å². The summed E-state index contributed by atoms with van der Waals surface area (Å²) in [6.07, 6.45) is 2.72. The maximum atomic E-state index is 11.9. The Balaban J connectivity index is 2.51. The lowest BCUT2D eigenvalue weighted by atomic mass is 10.2. The molecule has 4 nitrogen and oxygen atoms in total. The molecule has 1 rings (SSSR count). The number of nitrogens with one attached hydrogen (secondary N) is 2. The van der Waals surface area contributed by atoms with Crippen molar-refractivity contribution in [2.24, 2.45) is 0 Å². The summed E-state index contributed by atoms with van der Waals surface area (Å²) in [4.78, 5) is 11.9. The third kappa shape index (κ3) is 5.39. The average molecular weight is 299 g/mol. The van der Waals surface area contributed by atoms with E-state index in [0.29, 0.717) is 29.4 Å². The van der Waals surface area contributed by atoms with Crippen LogP contribution >= 0.6 is 11.6 Å². The van der Waals surface area contributed by atoms with Crippen LogP contribution in [-0.4, -0.2) is 26.1 Å². The van der Waals surface area contributed by atoms with E-state index in [1.807, 2.05) is 13.0 Å². The lowest BCUT2D eigenvalue weighted by Gasteiger charge is -2.12. The third-order valence-electron chi connectivity index (χ3n) is 2.99. The van der Waals surface area contributed by atoms with E-state index in [1.54, 1.807) is 13.2 Å². The second-order valence-electron chi connectivity index (χ2n) is 4.70. The molecule has 0 radical (unpaired) electrons. The first kappa shape index (κ1) is 16.8. The molecule has 0 spiro atoms. The van der Waals surface area contributed by atoms with Crippen LogP contribution in [0, 0.1) is 6.92 Å². The number of ether oxygens (including phenoxy) is 1. The van der Waals surface area contributed by atoms with Crippen molar-refractivity contribution >= 4 is 23.2 Å². The van der Waals surface area contributed by atoms with E-state index in [0.717, 1.165) is 24.9 Å². The highest BCUT2D eigenvalue weighted by Gasteiger charge is 2.10. The summed E-state index contributed by atoms with van der Waals surface area (Å²) in [5.74, 6) is 0.543. The topological polar surface area (TPSA) is 50.4 Å². The minimum absolute atomic E-state index is 0.0333. The third-order valence-corrected chi connectivity index (χ3v) is 3.40. The van der Waals surface area contributed by atoms with Crippen molar-refractivity contribution in [3.63, 3.8) is 0 Å². The van der Waals surface area contributed by atoms with E-state index in [4.69, 9.17) is 16.3 Å². The van der Waals surface area contributed by atoms with Gasteiger partial charge in [0.2, 0.25) is 5.91 Å². The molecule has 0 heterocycles. The number of carbonyl (C=O) groups excluding carboxylic acids is 1. The molecule has 112 valence electrons. The van der Waals surface area contributed by atoms with Crippen molar-refractivity contribution in [2.75, 3.05) is 25.5 Å². The Bertz CT molecular complexity index is 450. The number of anilines is 1. The van der Waals surface area contributed by atoms with Gasteiger partial charge in [0.1, 0.15) is 5.75 Å². The van der Waals surface area contributed by atoms with E-state index < -0.39 is 0 Å². The highest BCUT2D eigenvalue weighted by molar-refractivity contribution is 6.31. The molecule has 0 atom stereocenters. The SMILES string of the molecule is CCCCNCCC(=O)Nc1cc(C)c(Cl)cc1OC. The predicted molar refractivity (Wildman–Crippen MR) is 83.8 cm³/mol. The summed E-state index contributed by atoms with van der Waals surface area (Å²) in [6, 6.07) is 3.54. The molecule has 1 amide bonds. The summed E-state index contributed by atoms with van der Waals surface area (Å²) in [6.45, 7) is 5.67. The molecule has 20 heavy (non-hydrogen) atoms. The Labute approximate surface area is 125 Å². The van der Waals surface area contributed by atoms with Gasteiger partial charge in [-0.05, 0) is 31.5 Å². The van der Waals surface area contributed by atoms with Gasteiger partial charge in [0.25, 0.3) is 0 Å². The second-order valence-corrected chi connectivity index (χ2v) is 5.11. The molecule has 0 saturated heterocycles. The fraction of sp³-hybridized carbons (Fsp3) is 0.533. The molecule has 0 saturated carbocycles. The zero-order valence-corrected chi connectivity index (χ0v) is 13.1. The van der Waals surface area contributed by atoms with Crippen LogP contribution in [-0.2, 0) is 4.79 Å². The minimum Gasteiger partial charge on any atom is -0.495 e. The monoisotopic (exact) mass is 298 g/mol. The van der Waals surface area contributed by atoms with Crippen LogP contribution in [0.15, 0.2) is 12.1 Å². The molecule has 0 aliphatic heterocycles. The van der Waals surface area contributed by atoms with Gasteiger partial charge >= 0.3 is 0 Å². The molecule has 0 bridgehead atoms. The summed E-state index contributed by atoms with van der Waals surface area (Å²) in [5, 5.41) is 6.72.